The molecule has 4 nitrogen and oxygen atoms in total. The van der Waals surface area contributed by atoms with Crippen molar-refractivity contribution in [3.63, 3.8) is 0 Å². The van der Waals surface area contributed by atoms with Crippen LogP contribution in [-0.4, -0.2) is 22.5 Å². The highest BCUT2D eigenvalue weighted by Gasteiger charge is 2.24. The Kier molecular flexibility index (Phi) is 4.10. The van der Waals surface area contributed by atoms with Crippen LogP contribution < -0.4 is 5.32 Å². The van der Waals surface area contributed by atoms with Crippen molar-refractivity contribution in [2.45, 2.75) is 32.2 Å². The second kappa shape index (κ2) is 5.61. The number of benzene rings is 1. The van der Waals surface area contributed by atoms with Gasteiger partial charge in [-0.15, -0.1) is 11.6 Å². The molecular formula is C14H17ClN2O2. The van der Waals surface area contributed by atoms with Crippen molar-refractivity contribution in [2.24, 2.45) is 0 Å². The molecule has 1 unspecified atom stereocenters. The molecule has 0 bridgehead atoms. The summed E-state index contributed by atoms with van der Waals surface area (Å²) in [5.74, 6) is 0.290. The minimum Gasteiger partial charge on any atom is -0.356 e. The van der Waals surface area contributed by atoms with Crippen molar-refractivity contribution in [3.05, 3.63) is 30.0 Å². The first-order valence-corrected chi connectivity index (χ1v) is 6.81. The Morgan fingerprint density at radius 1 is 1.47 bits per heavy atom. The zero-order chi connectivity index (χ0) is 13.9. The van der Waals surface area contributed by atoms with Gasteiger partial charge in [0.25, 0.3) is 0 Å². The number of carbonyl (C=O) groups is 1. The molecule has 1 aromatic carbocycles. The third kappa shape index (κ3) is 3.07. The van der Waals surface area contributed by atoms with Crippen molar-refractivity contribution >= 4 is 28.5 Å². The van der Waals surface area contributed by atoms with Crippen LogP contribution >= 0.6 is 11.6 Å². The minimum absolute atomic E-state index is 0.0935. The molecule has 0 aliphatic carbocycles. The average molecular weight is 281 g/mol. The molecule has 0 aliphatic heterocycles. The number of nitrogens with zero attached hydrogens (tertiary/aromatic N) is 1. The Hall–Kier alpha value is -1.55. The third-order valence-electron chi connectivity index (χ3n) is 3.30. The summed E-state index contributed by atoms with van der Waals surface area (Å²) in [6.07, 6.45) is 0.977. The lowest BCUT2D eigenvalue weighted by Crippen LogP contribution is -2.47. The standard InChI is InChI=1S/C14H17ClN2O2/c1-3-14(2,9-15)16-13(18)8-11-10-6-4-5-7-12(10)19-17-11/h4-7H,3,8-9H2,1-2H3,(H,16,18). The van der Waals surface area contributed by atoms with Gasteiger partial charge in [0.15, 0.2) is 5.58 Å². The fourth-order valence-corrected chi connectivity index (χ4v) is 2.07. The molecule has 0 fully saturated rings. The van der Waals surface area contributed by atoms with Gasteiger partial charge in [-0.25, -0.2) is 0 Å². The summed E-state index contributed by atoms with van der Waals surface area (Å²) in [4.78, 5) is 12.0. The molecule has 0 spiro atoms. The van der Waals surface area contributed by atoms with E-state index >= 15 is 0 Å². The molecule has 102 valence electrons. The fourth-order valence-electron chi connectivity index (χ4n) is 1.81. The molecule has 1 aromatic heterocycles. The van der Waals surface area contributed by atoms with Crippen LogP contribution in [0.3, 0.4) is 0 Å². The molecule has 1 amide bonds. The number of rotatable bonds is 5. The molecule has 0 radical (unpaired) electrons. The van der Waals surface area contributed by atoms with Crippen LogP contribution in [0.15, 0.2) is 28.8 Å². The van der Waals surface area contributed by atoms with Gasteiger partial charge < -0.3 is 9.84 Å². The lowest BCUT2D eigenvalue weighted by atomic mass is 10.0. The van der Waals surface area contributed by atoms with E-state index in [1.54, 1.807) is 0 Å². The first kappa shape index (κ1) is 13.9. The highest BCUT2D eigenvalue weighted by Crippen LogP contribution is 2.18. The van der Waals surface area contributed by atoms with Gasteiger partial charge in [0, 0.05) is 11.3 Å². The molecule has 1 heterocycles. The number of halogens is 1. The largest absolute Gasteiger partial charge is 0.356 e. The lowest BCUT2D eigenvalue weighted by molar-refractivity contribution is -0.122. The van der Waals surface area contributed by atoms with Crippen molar-refractivity contribution in [1.82, 2.24) is 10.5 Å². The van der Waals surface area contributed by atoms with Crippen molar-refractivity contribution < 1.29 is 9.32 Å². The van der Waals surface area contributed by atoms with Gasteiger partial charge in [-0.1, -0.05) is 24.2 Å². The minimum atomic E-state index is -0.377. The number of hydrogen-bond donors (Lipinski definition) is 1. The van der Waals surface area contributed by atoms with Gasteiger partial charge in [-0.2, -0.15) is 0 Å². The quantitative estimate of drug-likeness (QED) is 0.857. The monoisotopic (exact) mass is 280 g/mol. The van der Waals surface area contributed by atoms with Crippen LogP contribution in [0.1, 0.15) is 26.0 Å². The van der Waals surface area contributed by atoms with Crippen LogP contribution in [-0.2, 0) is 11.2 Å². The first-order valence-electron chi connectivity index (χ1n) is 6.28. The zero-order valence-corrected chi connectivity index (χ0v) is 11.8. The van der Waals surface area contributed by atoms with Crippen LogP contribution in [0.25, 0.3) is 11.0 Å². The third-order valence-corrected chi connectivity index (χ3v) is 3.89. The van der Waals surface area contributed by atoms with Gasteiger partial charge in [-0.3, -0.25) is 4.79 Å². The SMILES string of the molecule is CCC(C)(CCl)NC(=O)Cc1noc2ccccc12. The number of amides is 1. The Labute approximate surface area is 117 Å². The molecule has 2 aromatic rings. The molecule has 0 aliphatic rings. The fraction of sp³-hybridized carbons (Fsp3) is 0.429. The van der Waals surface area contributed by atoms with Crippen LogP contribution in [0.4, 0.5) is 0 Å². The van der Waals surface area contributed by atoms with E-state index < -0.39 is 0 Å². The summed E-state index contributed by atoms with van der Waals surface area (Å²) in [6, 6.07) is 7.50. The Morgan fingerprint density at radius 3 is 2.89 bits per heavy atom. The van der Waals surface area contributed by atoms with Crippen LogP contribution in [0, 0.1) is 0 Å². The number of aromatic nitrogens is 1. The molecule has 0 saturated carbocycles. The summed E-state index contributed by atoms with van der Waals surface area (Å²) in [6.45, 7) is 3.92. The summed E-state index contributed by atoms with van der Waals surface area (Å²) < 4.78 is 5.18. The second-order valence-electron chi connectivity index (χ2n) is 4.90. The molecule has 0 saturated heterocycles. The Bertz CT molecular complexity index is 576. The van der Waals surface area contributed by atoms with E-state index in [2.05, 4.69) is 10.5 Å². The van der Waals surface area contributed by atoms with E-state index in [-0.39, 0.29) is 17.9 Å². The summed E-state index contributed by atoms with van der Waals surface area (Å²) in [7, 11) is 0. The van der Waals surface area contributed by atoms with Gasteiger partial charge in [-0.05, 0) is 25.5 Å². The van der Waals surface area contributed by atoms with E-state index in [1.165, 1.54) is 0 Å². The Balaban J connectivity index is 2.11. The second-order valence-corrected chi connectivity index (χ2v) is 5.17. The lowest BCUT2D eigenvalue weighted by Gasteiger charge is -2.26. The van der Waals surface area contributed by atoms with E-state index in [9.17, 15) is 4.79 Å². The highest BCUT2D eigenvalue weighted by molar-refractivity contribution is 6.18. The molecule has 5 heteroatoms. The maximum atomic E-state index is 12.0. The van der Waals surface area contributed by atoms with E-state index in [1.807, 2.05) is 38.1 Å². The maximum Gasteiger partial charge on any atom is 0.226 e. The van der Waals surface area contributed by atoms with E-state index in [0.717, 1.165) is 11.8 Å². The number of fused-ring (bicyclic) bond motifs is 1. The number of alkyl halides is 1. The molecule has 1 N–H and O–H groups in total. The van der Waals surface area contributed by atoms with Gasteiger partial charge >= 0.3 is 0 Å². The maximum absolute atomic E-state index is 12.0. The van der Waals surface area contributed by atoms with Gasteiger partial charge in [0.1, 0.15) is 5.69 Å². The van der Waals surface area contributed by atoms with E-state index in [4.69, 9.17) is 16.1 Å². The highest BCUT2D eigenvalue weighted by atomic mass is 35.5. The topological polar surface area (TPSA) is 55.1 Å². The smallest absolute Gasteiger partial charge is 0.226 e. The first-order chi connectivity index (χ1) is 9.08. The molecule has 2 rings (SSSR count). The molecular weight excluding hydrogens is 264 g/mol. The van der Waals surface area contributed by atoms with Crippen LogP contribution in [0.2, 0.25) is 0 Å². The van der Waals surface area contributed by atoms with Crippen molar-refractivity contribution in [1.29, 1.82) is 0 Å². The number of para-hydroxylation sites is 1. The predicted octanol–water partition coefficient (Wildman–Crippen LogP) is 2.89. The van der Waals surface area contributed by atoms with Gasteiger partial charge in [0.2, 0.25) is 5.91 Å². The van der Waals surface area contributed by atoms with Crippen molar-refractivity contribution in [3.8, 4) is 0 Å². The van der Waals surface area contributed by atoms with Crippen molar-refractivity contribution in [2.75, 3.05) is 5.88 Å². The zero-order valence-electron chi connectivity index (χ0n) is 11.1. The summed E-state index contributed by atoms with van der Waals surface area (Å²) >= 11 is 5.88. The number of nitrogens with one attached hydrogen (secondary N) is 1. The number of carbonyl (C=O) groups excluding carboxylic acids is 1. The van der Waals surface area contributed by atoms with Gasteiger partial charge in [0.05, 0.1) is 12.0 Å². The average Bonchev–Trinajstić information content (AvgIpc) is 2.82. The molecule has 1 atom stereocenters. The number of hydrogen-bond acceptors (Lipinski definition) is 3. The van der Waals surface area contributed by atoms with Crippen LogP contribution in [0.5, 0.6) is 0 Å². The summed E-state index contributed by atoms with van der Waals surface area (Å²) in [5.41, 5.74) is 0.972. The predicted molar refractivity (Wildman–Crippen MR) is 75.3 cm³/mol. The Morgan fingerprint density at radius 2 is 2.21 bits per heavy atom. The molecule has 19 heavy (non-hydrogen) atoms. The summed E-state index contributed by atoms with van der Waals surface area (Å²) in [5, 5.41) is 7.77. The van der Waals surface area contributed by atoms with E-state index in [0.29, 0.717) is 17.2 Å². The normalized spacial score (nSPS) is 14.3.